The summed E-state index contributed by atoms with van der Waals surface area (Å²) in [5.74, 6) is -1.98. The number of hydrogen-bond acceptors (Lipinski definition) is 5. The van der Waals surface area contributed by atoms with Gasteiger partial charge in [-0.1, -0.05) is 11.6 Å². The number of carbonyl (C=O) groups excluding carboxylic acids is 1. The largest absolute Gasteiger partial charge is 0.456 e. The van der Waals surface area contributed by atoms with Crippen LogP contribution < -0.4 is 5.14 Å². The van der Waals surface area contributed by atoms with Crippen molar-refractivity contribution in [2.75, 3.05) is 13.2 Å². The Morgan fingerprint density at radius 2 is 2.20 bits per heavy atom. The summed E-state index contributed by atoms with van der Waals surface area (Å²) in [5, 5.41) is 4.39. The quantitative estimate of drug-likeness (QED) is 0.839. The van der Waals surface area contributed by atoms with Crippen LogP contribution in [0.1, 0.15) is 16.8 Å². The zero-order chi connectivity index (χ0) is 14.9. The van der Waals surface area contributed by atoms with E-state index in [1.54, 1.807) is 0 Å². The number of sulfonamides is 1. The molecule has 110 valence electrons. The molecule has 0 bridgehead atoms. The van der Waals surface area contributed by atoms with Crippen LogP contribution in [-0.4, -0.2) is 33.7 Å². The van der Waals surface area contributed by atoms with Crippen LogP contribution >= 0.6 is 11.6 Å². The second-order valence-electron chi connectivity index (χ2n) is 4.20. The molecule has 1 aromatic carbocycles. The number of halogens is 2. The van der Waals surface area contributed by atoms with E-state index in [-0.39, 0.29) is 12.2 Å². The highest BCUT2D eigenvalue weighted by molar-refractivity contribution is 7.89. The summed E-state index contributed by atoms with van der Waals surface area (Å²) in [6.45, 7) is 0.692. The molecule has 1 aliphatic heterocycles. The molecule has 6 nitrogen and oxygen atoms in total. The molecule has 20 heavy (non-hydrogen) atoms. The van der Waals surface area contributed by atoms with Crippen LogP contribution in [0.2, 0.25) is 5.02 Å². The Balaban J connectivity index is 2.34. The number of ether oxygens (including phenoxy) is 2. The first-order valence-electron chi connectivity index (χ1n) is 5.59. The Kier molecular flexibility index (Phi) is 4.28. The lowest BCUT2D eigenvalue weighted by Gasteiger charge is -2.12. The molecule has 9 heteroatoms. The molecule has 1 fully saturated rings. The van der Waals surface area contributed by atoms with Gasteiger partial charge in [-0.15, -0.1) is 0 Å². The third-order valence-electron chi connectivity index (χ3n) is 2.71. The number of carbonyl (C=O) groups is 1. The maximum Gasteiger partial charge on any atom is 0.340 e. The Labute approximate surface area is 119 Å². The minimum atomic E-state index is -4.16. The molecule has 0 aromatic heterocycles. The minimum Gasteiger partial charge on any atom is -0.456 e. The first-order chi connectivity index (χ1) is 9.29. The van der Waals surface area contributed by atoms with Gasteiger partial charge >= 0.3 is 5.97 Å². The van der Waals surface area contributed by atoms with Gasteiger partial charge in [-0.05, 0) is 12.1 Å². The highest BCUT2D eigenvalue weighted by atomic mass is 35.5. The SMILES string of the molecule is NS(=O)(=O)c1cc(F)c(Cl)c(C(=O)OC2CCOC2)c1. The monoisotopic (exact) mass is 323 g/mol. The van der Waals surface area contributed by atoms with Gasteiger partial charge in [-0.2, -0.15) is 0 Å². The number of rotatable bonds is 3. The van der Waals surface area contributed by atoms with Crippen molar-refractivity contribution < 1.29 is 27.1 Å². The van der Waals surface area contributed by atoms with Crippen LogP contribution in [0.15, 0.2) is 17.0 Å². The Morgan fingerprint density at radius 3 is 2.75 bits per heavy atom. The van der Waals surface area contributed by atoms with Crippen molar-refractivity contribution in [1.82, 2.24) is 0 Å². The summed E-state index contributed by atoms with van der Waals surface area (Å²) in [4.78, 5) is 11.3. The minimum absolute atomic E-state index is 0.237. The first kappa shape index (κ1) is 15.2. The van der Waals surface area contributed by atoms with Gasteiger partial charge in [0, 0.05) is 6.42 Å². The molecule has 0 spiro atoms. The Bertz CT molecular complexity index is 642. The summed E-state index contributed by atoms with van der Waals surface area (Å²) < 4.78 is 46.1. The van der Waals surface area contributed by atoms with E-state index in [1.165, 1.54) is 0 Å². The van der Waals surface area contributed by atoms with Crippen LogP contribution in [0, 0.1) is 5.82 Å². The summed E-state index contributed by atoms with van der Waals surface area (Å²) >= 11 is 5.65. The van der Waals surface area contributed by atoms with Gasteiger partial charge in [-0.3, -0.25) is 0 Å². The van der Waals surface area contributed by atoms with E-state index >= 15 is 0 Å². The molecule has 0 saturated carbocycles. The van der Waals surface area contributed by atoms with E-state index in [4.69, 9.17) is 26.2 Å². The summed E-state index contributed by atoms with van der Waals surface area (Å²) in [6, 6.07) is 1.53. The lowest BCUT2D eigenvalue weighted by atomic mass is 10.2. The zero-order valence-electron chi connectivity index (χ0n) is 10.1. The molecule has 0 radical (unpaired) electrons. The summed E-state index contributed by atoms with van der Waals surface area (Å²) in [7, 11) is -4.16. The standard InChI is InChI=1S/C11H11ClFNO5S/c12-10-8(11(15)19-6-1-2-18-5-6)3-7(4-9(10)13)20(14,16)17/h3-4,6H,1-2,5H2,(H2,14,16,17). The molecule has 1 heterocycles. The van der Waals surface area contributed by atoms with E-state index in [2.05, 4.69) is 0 Å². The third kappa shape index (κ3) is 3.26. The molecule has 1 unspecified atom stereocenters. The van der Waals surface area contributed by atoms with Crippen molar-refractivity contribution in [3.63, 3.8) is 0 Å². The molecular formula is C11H11ClFNO5S. The molecule has 0 amide bonds. The Hall–Kier alpha value is -1.22. The molecule has 1 atom stereocenters. The van der Waals surface area contributed by atoms with Crippen LogP contribution in [0.25, 0.3) is 0 Å². The predicted octanol–water partition coefficient (Wildman–Crippen LogP) is 1.07. The van der Waals surface area contributed by atoms with Gasteiger partial charge in [0.1, 0.15) is 11.9 Å². The summed E-state index contributed by atoms with van der Waals surface area (Å²) in [6.07, 6.45) is 0.0561. The Morgan fingerprint density at radius 1 is 1.50 bits per heavy atom. The molecule has 1 saturated heterocycles. The lowest BCUT2D eigenvalue weighted by Crippen LogP contribution is -2.20. The van der Waals surface area contributed by atoms with E-state index < -0.39 is 37.8 Å². The number of nitrogens with two attached hydrogens (primary N) is 1. The molecule has 1 aliphatic rings. The average molecular weight is 324 g/mol. The van der Waals surface area contributed by atoms with E-state index in [0.29, 0.717) is 19.1 Å². The van der Waals surface area contributed by atoms with Crippen LogP contribution in [0.3, 0.4) is 0 Å². The first-order valence-corrected chi connectivity index (χ1v) is 7.52. The molecule has 0 aliphatic carbocycles. The van der Waals surface area contributed by atoms with Crippen LogP contribution in [0.4, 0.5) is 4.39 Å². The zero-order valence-corrected chi connectivity index (χ0v) is 11.7. The van der Waals surface area contributed by atoms with Gasteiger partial charge in [0.2, 0.25) is 10.0 Å². The predicted molar refractivity (Wildman–Crippen MR) is 67.4 cm³/mol. The van der Waals surface area contributed by atoms with Crippen molar-refractivity contribution in [2.24, 2.45) is 5.14 Å². The fourth-order valence-electron chi connectivity index (χ4n) is 1.70. The summed E-state index contributed by atoms with van der Waals surface area (Å²) in [5.41, 5.74) is -0.386. The number of benzene rings is 1. The normalized spacial score (nSPS) is 19.1. The van der Waals surface area contributed by atoms with Crippen LogP contribution in [0.5, 0.6) is 0 Å². The smallest absolute Gasteiger partial charge is 0.340 e. The lowest BCUT2D eigenvalue weighted by molar-refractivity contribution is 0.0270. The second-order valence-corrected chi connectivity index (χ2v) is 6.14. The van der Waals surface area contributed by atoms with Gasteiger partial charge < -0.3 is 9.47 Å². The van der Waals surface area contributed by atoms with E-state index in [0.717, 1.165) is 6.07 Å². The van der Waals surface area contributed by atoms with Crippen molar-refractivity contribution in [3.05, 3.63) is 28.5 Å². The highest BCUT2D eigenvalue weighted by Gasteiger charge is 2.25. The van der Waals surface area contributed by atoms with Crippen molar-refractivity contribution in [3.8, 4) is 0 Å². The van der Waals surface area contributed by atoms with Gasteiger partial charge in [-0.25, -0.2) is 22.7 Å². The number of primary sulfonamides is 1. The fourth-order valence-corrected chi connectivity index (χ4v) is 2.43. The van der Waals surface area contributed by atoms with Gasteiger partial charge in [0.25, 0.3) is 0 Å². The van der Waals surface area contributed by atoms with Crippen LogP contribution in [-0.2, 0) is 19.5 Å². The van der Waals surface area contributed by atoms with Crippen molar-refractivity contribution >= 4 is 27.6 Å². The van der Waals surface area contributed by atoms with Crippen molar-refractivity contribution in [2.45, 2.75) is 17.4 Å². The molecular weight excluding hydrogens is 313 g/mol. The van der Waals surface area contributed by atoms with E-state index in [1.807, 2.05) is 0 Å². The molecule has 2 rings (SSSR count). The van der Waals surface area contributed by atoms with Gasteiger partial charge in [0.05, 0.1) is 28.7 Å². The topological polar surface area (TPSA) is 95.7 Å². The highest BCUT2D eigenvalue weighted by Crippen LogP contribution is 2.25. The maximum atomic E-state index is 13.6. The molecule has 1 aromatic rings. The van der Waals surface area contributed by atoms with E-state index in [9.17, 15) is 17.6 Å². The van der Waals surface area contributed by atoms with Gasteiger partial charge in [0.15, 0.2) is 0 Å². The number of hydrogen-bond donors (Lipinski definition) is 1. The third-order valence-corrected chi connectivity index (χ3v) is 3.99. The fraction of sp³-hybridized carbons (Fsp3) is 0.364. The second kappa shape index (κ2) is 5.65. The number of esters is 1. The van der Waals surface area contributed by atoms with Crippen molar-refractivity contribution in [1.29, 1.82) is 0 Å². The maximum absolute atomic E-state index is 13.6. The molecule has 2 N–H and O–H groups in total. The average Bonchev–Trinajstić information content (AvgIpc) is 2.83.